The third kappa shape index (κ3) is 6.11. The van der Waals surface area contributed by atoms with Crippen LogP contribution >= 0.6 is 11.3 Å². The molecule has 0 bridgehead atoms. The smallest absolute Gasteiger partial charge is 0.275 e. The Labute approximate surface area is 227 Å². The van der Waals surface area contributed by atoms with Gasteiger partial charge in [0.15, 0.2) is 0 Å². The summed E-state index contributed by atoms with van der Waals surface area (Å²) in [6.07, 6.45) is 3.02. The quantitative estimate of drug-likeness (QED) is 0.289. The van der Waals surface area contributed by atoms with E-state index in [4.69, 9.17) is 9.72 Å². The van der Waals surface area contributed by atoms with Crippen molar-refractivity contribution in [2.75, 3.05) is 25.5 Å². The molecule has 1 aliphatic rings. The average molecular weight is 526 g/mol. The molecule has 0 aliphatic carbocycles. The Morgan fingerprint density at radius 1 is 1.00 bits per heavy atom. The summed E-state index contributed by atoms with van der Waals surface area (Å²) >= 11 is 1.52. The highest BCUT2D eigenvalue weighted by atomic mass is 32.1. The molecule has 3 aromatic carbocycles. The van der Waals surface area contributed by atoms with Crippen LogP contribution < -0.4 is 10.1 Å². The van der Waals surface area contributed by atoms with E-state index in [1.165, 1.54) is 16.9 Å². The number of amides is 2. The van der Waals surface area contributed by atoms with Crippen molar-refractivity contribution in [2.24, 2.45) is 0 Å². The fourth-order valence-electron chi connectivity index (χ4n) is 4.82. The number of ether oxygens (including phenoxy) is 1. The lowest BCUT2D eigenvalue weighted by Crippen LogP contribution is -2.38. The first kappa shape index (κ1) is 25.7. The zero-order chi connectivity index (χ0) is 26.3. The minimum absolute atomic E-state index is 0.207. The number of carbonyl (C=O) groups is 2. The van der Waals surface area contributed by atoms with Crippen LogP contribution in [0.2, 0.25) is 0 Å². The number of hydrogen-bond donors (Lipinski definition) is 1. The number of hydrogen-bond acceptors (Lipinski definition) is 5. The highest BCUT2D eigenvalue weighted by Crippen LogP contribution is 2.33. The number of likely N-dealkylation sites (tertiary alicyclic amines) is 1. The standard InChI is InChI=1S/C31H31N3O3S/c1-37-25-13-14-26(23-10-6-3-7-11-23)27(20-25)32-30(36)28-21-38-31(33-28)24-16-18-34(19-17-24)29(35)15-12-22-8-4-2-5-9-22/h2-11,13-14,20-21,24H,12,15-19H2,1H3,(H,32,36). The summed E-state index contributed by atoms with van der Waals surface area (Å²) in [5, 5.41) is 5.82. The number of rotatable bonds is 8. The third-order valence-corrected chi connectivity index (χ3v) is 7.99. The van der Waals surface area contributed by atoms with Gasteiger partial charge >= 0.3 is 0 Å². The van der Waals surface area contributed by atoms with Crippen molar-refractivity contribution in [3.8, 4) is 16.9 Å². The zero-order valence-corrected chi connectivity index (χ0v) is 22.2. The van der Waals surface area contributed by atoms with Crippen LogP contribution in [0.25, 0.3) is 11.1 Å². The van der Waals surface area contributed by atoms with Gasteiger partial charge in [-0.25, -0.2) is 4.98 Å². The number of piperidine rings is 1. The molecule has 1 fully saturated rings. The lowest BCUT2D eigenvalue weighted by Gasteiger charge is -2.31. The molecule has 0 saturated carbocycles. The fraction of sp³-hybridized carbons (Fsp3) is 0.258. The molecule has 194 valence electrons. The number of thiazole rings is 1. The minimum Gasteiger partial charge on any atom is -0.497 e. The van der Waals surface area contributed by atoms with Gasteiger partial charge < -0.3 is 15.0 Å². The van der Waals surface area contributed by atoms with E-state index in [1.54, 1.807) is 7.11 Å². The van der Waals surface area contributed by atoms with E-state index in [2.05, 4.69) is 17.4 Å². The zero-order valence-electron chi connectivity index (χ0n) is 21.4. The van der Waals surface area contributed by atoms with E-state index in [0.29, 0.717) is 23.6 Å². The van der Waals surface area contributed by atoms with Crippen LogP contribution in [-0.4, -0.2) is 41.9 Å². The summed E-state index contributed by atoms with van der Waals surface area (Å²) in [4.78, 5) is 32.5. The molecular weight excluding hydrogens is 494 g/mol. The minimum atomic E-state index is -0.244. The molecule has 4 aromatic rings. The molecular formula is C31H31N3O3S. The van der Waals surface area contributed by atoms with Gasteiger partial charge in [-0.2, -0.15) is 0 Å². The van der Waals surface area contributed by atoms with Gasteiger partial charge in [0.25, 0.3) is 5.91 Å². The Kier molecular flexibility index (Phi) is 8.14. The van der Waals surface area contributed by atoms with Crippen molar-refractivity contribution < 1.29 is 14.3 Å². The highest BCUT2D eigenvalue weighted by molar-refractivity contribution is 7.10. The van der Waals surface area contributed by atoms with E-state index < -0.39 is 0 Å². The first-order valence-electron chi connectivity index (χ1n) is 12.9. The van der Waals surface area contributed by atoms with E-state index in [9.17, 15) is 9.59 Å². The van der Waals surface area contributed by atoms with Crippen molar-refractivity contribution in [2.45, 2.75) is 31.6 Å². The Morgan fingerprint density at radius 3 is 2.42 bits per heavy atom. The molecule has 2 amide bonds. The van der Waals surface area contributed by atoms with Gasteiger partial charge in [-0.3, -0.25) is 9.59 Å². The summed E-state index contributed by atoms with van der Waals surface area (Å²) in [5.74, 6) is 0.894. The summed E-state index contributed by atoms with van der Waals surface area (Å²) in [6, 6.07) is 25.7. The molecule has 5 rings (SSSR count). The van der Waals surface area contributed by atoms with Gasteiger partial charge in [0.2, 0.25) is 5.91 Å². The summed E-state index contributed by atoms with van der Waals surface area (Å²) in [6.45, 7) is 1.45. The Balaban J connectivity index is 1.19. The molecule has 0 radical (unpaired) electrons. The van der Waals surface area contributed by atoms with Gasteiger partial charge in [0.05, 0.1) is 17.8 Å². The number of benzene rings is 3. The van der Waals surface area contributed by atoms with E-state index in [1.807, 2.05) is 77.0 Å². The average Bonchev–Trinajstić information content (AvgIpc) is 3.48. The third-order valence-electron chi connectivity index (χ3n) is 6.98. The molecule has 6 nitrogen and oxygen atoms in total. The lowest BCUT2D eigenvalue weighted by atomic mass is 9.97. The fourth-order valence-corrected chi connectivity index (χ4v) is 5.79. The second kappa shape index (κ2) is 12.0. The normalized spacial score (nSPS) is 13.8. The van der Waals surface area contributed by atoms with Crippen molar-refractivity contribution in [1.29, 1.82) is 0 Å². The van der Waals surface area contributed by atoms with Crippen LogP contribution in [0, 0.1) is 0 Å². The van der Waals surface area contributed by atoms with Crippen molar-refractivity contribution >= 4 is 28.8 Å². The van der Waals surface area contributed by atoms with Crippen LogP contribution in [0.4, 0.5) is 5.69 Å². The second-order valence-corrected chi connectivity index (χ2v) is 10.3. The summed E-state index contributed by atoms with van der Waals surface area (Å²) < 4.78 is 5.39. The van der Waals surface area contributed by atoms with Crippen LogP contribution in [0.5, 0.6) is 5.75 Å². The lowest BCUT2D eigenvalue weighted by molar-refractivity contribution is -0.132. The molecule has 38 heavy (non-hydrogen) atoms. The Bertz CT molecular complexity index is 1380. The molecule has 1 saturated heterocycles. The number of nitrogens with one attached hydrogen (secondary N) is 1. The van der Waals surface area contributed by atoms with Crippen LogP contribution in [0.1, 0.15) is 46.2 Å². The van der Waals surface area contributed by atoms with Gasteiger partial charge in [0.1, 0.15) is 11.4 Å². The molecule has 1 aromatic heterocycles. The Hall–Kier alpha value is -3.97. The van der Waals surface area contributed by atoms with E-state index in [-0.39, 0.29) is 17.7 Å². The Morgan fingerprint density at radius 2 is 1.71 bits per heavy atom. The first-order chi connectivity index (χ1) is 18.6. The number of nitrogens with zero attached hydrogens (tertiary/aromatic N) is 2. The van der Waals surface area contributed by atoms with Crippen molar-refractivity contribution in [3.63, 3.8) is 0 Å². The SMILES string of the molecule is COc1ccc(-c2ccccc2)c(NC(=O)c2csc(C3CCN(C(=O)CCc4ccccc4)CC3)n2)c1. The van der Waals surface area contributed by atoms with Gasteiger partial charge in [-0.1, -0.05) is 60.7 Å². The number of anilines is 1. The maximum atomic E-state index is 13.2. The largest absolute Gasteiger partial charge is 0.497 e. The predicted molar refractivity (Wildman–Crippen MR) is 152 cm³/mol. The van der Waals surface area contributed by atoms with Gasteiger partial charge in [-0.15, -0.1) is 11.3 Å². The second-order valence-electron chi connectivity index (χ2n) is 9.44. The van der Waals surface area contributed by atoms with Crippen molar-refractivity contribution in [1.82, 2.24) is 9.88 Å². The number of aryl methyl sites for hydroxylation is 1. The first-order valence-corrected chi connectivity index (χ1v) is 13.8. The van der Waals surface area contributed by atoms with Crippen LogP contribution in [-0.2, 0) is 11.2 Å². The maximum Gasteiger partial charge on any atom is 0.275 e. The highest BCUT2D eigenvalue weighted by Gasteiger charge is 2.26. The van der Waals surface area contributed by atoms with Gasteiger partial charge in [0, 0.05) is 42.4 Å². The molecule has 2 heterocycles. The van der Waals surface area contributed by atoms with Crippen LogP contribution in [0.15, 0.2) is 84.2 Å². The van der Waals surface area contributed by atoms with Gasteiger partial charge in [-0.05, 0) is 42.5 Å². The summed E-state index contributed by atoms with van der Waals surface area (Å²) in [7, 11) is 1.61. The van der Waals surface area contributed by atoms with Crippen LogP contribution in [0.3, 0.4) is 0 Å². The molecule has 0 unspecified atom stereocenters. The molecule has 0 atom stereocenters. The molecule has 1 aliphatic heterocycles. The predicted octanol–water partition coefficient (Wildman–Crippen LogP) is 6.41. The molecule has 7 heteroatoms. The molecule has 0 spiro atoms. The van der Waals surface area contributed by atoms with Crippen molar-refractivity contribution in [3.05, 3.63) is 101 Å². The van der Waals surface area contributed by atoms with E-state index in [0.717, 1.165) is 48.5 Å². The van der Waals surface area contributed by atoms with E-state index >= 15 is 0 Å². The number of carbonyl (C=O) groups excluding carboxylic acids is 2. The summed E-state index contributed by atoms with van der Waals surface area (Å²) in [5.41, 5.74) is 4.20. The monoisotopic (exact) mass is 525 g/mol. The number of aromatic nitrogens is 1. The molecule has 1 N–H and O–H groups in total. The number of methoxy groups -OCH3 is 1. The topological polar surface area (TPSA) is 71.5 Å². The maximum absolute atomic E-state index is 13.2.